The Morgan fingerprint density at radius 2 is 2.00 bits per heavy atom. The highest BCUT2D eigenvalue weighted by atomic mass is 35.5. The fraction of sp³-hybridized carbons (Fsp3) is 0.500. The molecule has 1 aromatic rings. The molecule has 0 aliphatic carbocycles. The summed E-state index contributed by atoms with van der Waals surface area (Å²) in [6.45, 7) is 3.60. The van der Waals surface area contributed by atoms with Gasteiger partial charge in [0.05, 0.1) is 11.3 Å². The maximum absolute atomic E-state index is 12.3. The summed E-state index contributed by atoms with van der Waals surface area (Å²) in [5.74, 6) is 1.22. The van der Waals surface area contributed by atoms with E-state index >= 15 is 0 Å². The molecule has 7 heteroatoms. The van der Waals surface area contributed by atoms with Crippen LogP contribution in [0.1, 0.15) is 5.56 Å². The highest BCUT2D eigenvalue weighted by Gasteiger charge is 2.37. The van der Waals surface area contributed by atoms with Gasteiger partial charge >= 0.3 is 0 Å². The van der Waals surface area contributed by atoms with Crippen molar-refractivity contribution in [3.63, 3.8) is 0 Å². The Labute approximate surface area is 129 Å². The lowest BCUT2D eigenvalue weighted by molar-refractivity contribution is -0.384. The van der Waals surface area contributed by atoms with Gasteiger partial charge in [0.2, 0.25) is 5.91 Å². The second-order valence-electron chi connectivity index (χ2n) is 5.58. The Morgan fingerprint density at radius 3 is 2.62 bits per heavy atom. The quantitative estimate of drug-likeness (QED) is 0.673. The number of hydrogen-bond donors (Lipinski definition) is 1. The average Bonchev–Trinajstić information content (AvgIpc) is 2.99. The number of carbonyl (C=O) groups excluding carboxylic acids is 1. The van der Waals surface area contributed by atoms with Crippen LogP contribution in [0, 0.1) is 22.0 Å². The van der Waals surface area contributed by atoms with E-state index < -0.39 is 4.92 Å². The second-order valence-corrected chi connectivity index (χ2v) is 5.58. The van der Waals surface area contributed by atoms with Crippen molar-refractivity contribution in [1.29, 1.82) is 0 Å². The molecule has 3 rings (SSSR count). The number of benzene rings is 1. The first kappa shape index (κ1) is 15.7. The zero-order chi connectivity index (χ0) is 14.1. The Morgan fingerprint density at radius 1 is 1.33 bits per heavy atom. The third-order valence-electron chi connectivity index (χ3n) is 4.22. The summed E-state index contributed by atoms with van der Waals surface area (Å²) >= 11 is 0. The number of carbonyl (C=O) groups is 1. The summed E-state index contributed by atoms with van der Waals surface area (Å²) in [5, 5.41) is 14.1. The van der Waals surface area contributed by atoms with E-state index in [1.54, 1.807) is 12.1 Å². The fourth-order valence-electron chi connectivity index (χ4n) is 3.13. The van der Waals surface area contributed by atoms with Gasteiger partial charge in [-0.1, -0.05) is 12.1 Å². The summed E-state index contributed by atoms with van der Waals surface area (Å²) in [6, 6.07) is 6.32. The minimum Gasteiger partial charge on any atom is -0.342 e. The lowest BCUT2D eigenvalue weighted by Crippen LogP contribution is -2.32. The normalized spacial score (nSPS) is 23.5. The molecule has 0 saturated carbocycles. The summed E-state index contributed by atoms with van der Waals surface area (Å²) < 4.78 is 0. The number of rotatable bonds is 3. The summed E-state index contributed by atoms with van der Waals surface area (Å²) in [4.78, 5) is 24.5. The number of fused-ring (bicyclic) bond motifs is 1. The molecule has 0 aromatic heterocycles. The largest absolute Gasteiger partial charge is 0.342 e. The van der Waals surface area contributed by atoms with Crippen LogP contribution in [-0.4, -0.2) is 41.9 Å². The highest BCUT2D eigenvalue weighted by molar-refractivity contribution is 5.85. The third-order valence-corrected chi connectivity index (χ3v) is 4.22. The van der Waals surface area contributed by atoms with E-state index in [1.165, 1.54) is 12.1 Å². The molecule has 2 atom stereocenters. The van der Waals surface area contributed by atoms with Gasteiger partial charge in [-0.05, 0) is 17.4 Å². The standard InChI is InChI=1S/C14H17N3O3.ClH/c18-14(16-8-11-6-15-7-12(11)9-16)5-10-2-1-3-13(4-10)17(19)20;/h1-4,11-12,15H,5-9H2;1H/t11-,12+;. The van der Waals surface area contributed by atoms with Crippen LogP contribution in [0.2, 0.25) is 0 Å². The van der Waals surface area contributed by atoms with E-state index in [0.29, 0.717) is 17.4 Å². The molecule has 0 radical (unpaired) electrons. The molecule has 114 valence electrons. The van der Waals surface area contributed by atoms with Gasteiger partial charge in [0, 0.05) is 38.3 Å². The molecule has 2 fully saturated rings. The van der Waals surface area contributed by atoms with Gasteiger partial charge in [-0.3, -0.25) is 14.9 Å². The zero-order valence-corrected chi connectivity index (χ0v) is 12.3. The van der Waals surface area contributed by atoms with Crippen molar-refractivity contribution in [3.05, 3.63) is 39.9 Å². The molecule has 1 amide bonds. The predicted molar refractivity (Wildman–Crippen MR) is 80.5 cm³/mol. The van der Waals surface area contributed by atoms with Gasteiger partial charge in [0.1, 0.15) is 0 Å². The van der Waals surface area contributed by atoms with Crippen molar-refractivity contribution in [2.24, 2.45) is 11.8 Å². The predicted octanol–water partition coefficient (Wildman–Crippen LogP) is 1.24. The molecule has 0 unspecified atom stereocenters. The van der Waals surface area contributed by atoms with Crippen molar-refractivity contribution >= 4 is 24.0 Å². The number of nitrogens with zero attached hydrogens (tertiary/aromatic N) is 2. The number of nitrogens with one attached hydrogen (secondary N) is 1. The molecule has 6 nitrogen and oxygen atoms in total. The lowest BCUT2D eigenvalue weighted by Gasteiger charge is -2.17. The maximum Gasteiger partial charge on any atom is 0.269 e. The van der Waals surface area contributed by atoms with Gasteiger partial charge in [0.15, 0.2) is 0 Å². The van der Waals surface area contributed by atoms with Crippen molar-refractivity contribution in [3.8, 4) is 0 Å². The molecular formula is C14H18ClN3O3. The van der Waals surface area contributed by atoms with Crippen molar-refractivity contribution in [2.45, 2.75) is 6.42 Å². The van der Waals surface area contributed by atoms with Gasteiger partial charge < -0.3 is 10.2 Å². The molecule has 2 aliphatic heterocycles. The van der Waals surface area contributed by atoms with E-state index in [0.717, 1.165) is 26.2 Å². The molecule has 0 bridgehead atoms. The van der Waals surface area contributed by atoms with E-state index in [1.807, 2.05) is 4.90 Å². The SMILES string of the molecule is Cl.O=C(Cc1cccc([N+](=O)[O-])c1)N1C[C@H]2CNC[C@H]2C1. The van der Waals surface area contributed by atoms with Gasteiger partial charge in [0.25, 0.3) is 5.69 Å². The van der Waals surface area contributed by atoms with Gasteiger partial charge in [-0.15, -0.1) is 12.4 Å². The molecule has 2 saturated heterocycles. The molecule has 2 aliphatic rings. The Hall–Kier alpha value is -1.66. The molecule has 2 heterocycles. The van der Waals surface area contributed by atoms with E-state index in [4.69, 9.17) is 0 Å². The summed E-state index contributed by atoms with van der Waals surface area (Å²) in [7, 11) is 0. The lowest BCUT2D eigenvalue weighted by atomic mass is 10.0. The highest BCUT2D eigenvalue weighted by Crippen LogP contribution is 2.26. The van der Waals surface area contributed by atoms with E-state index in [9.17, 15) is 14.9 Å². The third kappa shape index (κ3) is 3.33. The number of nitro benzene ring substituents is 1. The maximum atomic E-state index is 12.3. The van der Waals surface area contributed by atoms with Crippen LogP contribution in [0.25, 0.3) is 0 Å². The van der Waals surface area contributed by atoms with E-state index in [-0.39, 0.29) is 30.4 Å². The molecule has 1 aromatic carbocycles. The van der Waals surface area contributed by atoms with Crippen LogP contribution in [0.3, 0.4) is 0 Å². The minimum absolute atomic E-state index is 0. The summed E-state index contributed by atoms with van der Waals surface area (Å²) in [5.41, 5.74) is 0.747. The first-order valence-corrected chi connectivity index (χ1v) is 6.85. The zero-order valence-electron chi connectivity index (χ0n) is 11.5. The second kappa shape index (κ2) is 6.41. The van der Waals surface area contributed by atoms with Crippen LogP contribution >= 0.6 is 12.4 Å². The number of amides is 1. The number of nitro groups is 1. The van der Waals surface area contributed by atoms with Crippen LogP contribution in [0.4, 0.5) is 5.69 Å². The number of halogens is 1. The number of likely N-dealkylation sites (tertiary alicyclic amines) is 1. The number of non-ortho nitro benzene ring substituents is 1. The topological polar surface area (TPSA) is 75.5 Å². The van der Waals surface area contributed by atoms with Crippen LogP contribution < -0.4 is 5.32 Å². The van der Waals surface area contributed by atoms with E-state index in [2.05, 4.69) is 5.32 Å². The van der Waals surface area contributed by atoms with Crippen molar-refractivity contribution < 1.29 is 9.72 Å². The smallest absolute Gasteiger partial charge is 0.269 e. The monoisotopic (exact) mass is 311 g/mol. The van der Waals surface area contributed by atoms with Crippen LogP contribution in [0.5, 0.6) is 0 Å². The molecular weight excluding hydrogens is 294 g/mol. The first-order valence-electron chi connectivity index (χ1n) is 6.85. The van der Waals surface area contributed by atoms with Crippen LogP contribution in [-0.2, 0) is 11.2 Å². The van der Waals surface area contributed by atoms with Gasteiger partial charge in [-0.25, -0.2) is 0 Å². The Kier molecular flexibility index (Phi) is 4.80. The number of hydrogen-bond acceptors (Lipinski definition) is 4. The molecule has 21 heavy (non-hydrogen) atoms. The van der Waals surface area contributed by atoms with Crippen LogP contribution in [0.15, 0.2) is 24.3 Å². The van der Waals surface area contributed by atoms with Gasteiger partial charge in [-0.2, -0.15) is 0 Å². The fourth-order valence-corrected chi connectivity index (χ4v) is 3.13. The van der Waals surface area contributed by atoms with Crippen molar-refractivity contribution in [1.82, 2.24) is 10.2 Å². The Balaban J connectivity index is 0.00000161. The molecule has 0 spiro atoms. The molecule has 1 N–H and O–H groups in total. The minimum atomic E-state index is -0.431. The average molecular weight is 312 g/mol. The summed E-state index contributed by atoms with van der Waals surface area (Å²) in [6.07, 6.45) is 0.245. The Bertz CT molecular complexity index is 540. The first-order chi connectivity index (χ1) is 9.63. The van der Waals surface area contributed by atoms with Crippen molar-refractivity contribution in [2.75, 3.05) is 26.2 Å².